The third-order valence-corrected chi connectivity index (χ3v) is 4.66. The number of aromatic nitrogens is 1. The van der Waals surface area contributed by atoms with E-state index in [1.54, 1.807) is 13.2 Å². The maximum atomic E-state index is 12.5. The summed E-state index contributed by atoms with van der Waals surface area (Å²) in [5.41, 5.74) is 0.974. The van der Waals surface area contributed by atoms with Crippen molar-refractivity contribution in [3.63, 3.8) is 0 Å². The highest BCUT2D eigenvalue weighted by atomic mass is 19.4. The van der Waals surface area contributed by atoms with Crippen LogP contribution in [0.15, 0.2) is 23.3 Å². The Labute approximate surface area is 157 Å². The van der Waals surface area contributed by atoms with Crippen LogP contribution in [-0.2, 0) is 6.54 Å². The number of hydrogen-bond acceptors (Lipinski definition) is 4. The minimum atomic E-state index is -4.16. The summed E-state index contributed by atoms with van der Waals surface area (Å²) in [5.74, 6) is 1.89. The van der Waals surface area contributed by atoms with E-state index in [0.717, 1.165) is 12.2 Å². The van der Waals surface area contributed by atoms with E-state index in [9.17, 15) is 13.2 Å². The van der Waals surface area contributed by atoms with Crippen LogP contribution in [0.2, 0.25) is 0 Å². The Morgan fingerprint density at radius 3 is 2.78 bits per heavy atom. The van der Waals surface area contributed by atoms with Crippen molar-refractivity contribution in [1.82, 2.24) is 20.5 Å². The minimum Gasteiger partial charge on any atom is -0.477 e. The normalized spacial score (nSPS) is 21.3. The van der Waals surface area contributed by atoms with Gasteiger partial charge in [0.05, 0.1) is 13.2 Å². The van der Waals surface area contributed by atoms with Gasteiger partial charge >= 0.3 is 6.18 Å². The number of nitrogens with zero attached hydrogens (tertiary/aromatic N) is 3. The van der Waals surface area contributed by atoms with Gasteiger partial charge in [0, 0.05) is 45.0 Å². The van der Waals surface area contributed by atoms with Gasteiger partial charge < -0.3 is 15.4 Å². The van der Waals surface area contributed by atoms with Gasteiger partial charge in [0.15, 0.2) is 5.96 Å². The average molecular weight is 385 g/mol. The van der Waals surface area contributed by atoms with Crippen LogP contribution in [0.25, 0.3) is 0 Å². The Morgan fingerprint density at radius 2 is 2.15 bits per heavy atom. The van der Waals surface area contributed by atoms with Crippen LogP contribution in [0.1, 0.15) is 24.8 Å². The summed E-state index contributed by atoms with van der Waals surface area (Å²) in [6.45, 7) is 1.18. The molecule has 3 rings (SSSR count). The highest BCUT2D eigenvalue weighted by molar-refractivity contribution is 5.80. The van der Waals surface area contributed by atoms with E-state index in [1.807, 2.05) is 12.1 Å². The Bertz CT molecular complexity index is 631. The molecule has 1 aromatic rings. The van der Waals surface area contributed by atoms with Crippen molar-refractivity contribution in [1.29, 1.82) is 0 Å². The van der Waals surface area contributed by atoms with Crippen LogP contribution in [0.5, 0.6) is 5.88 Å². The lowest BCUT2D eigenvalue weighted by atomic mass is 10.2. The monoisotopic (exact) mass is 385 g/mol. The van der Waals surface area contributed by atoms with E-state index in [-0.39, 0.29) is 6.04 Å². The molecule has 1 saturated heterocycles. The third-order valence-electron chi connectivity index (χ3n) is 4.66. The number of rotatable bonds is 7. The third kappa shape index (κ3) is 6.89. The van der Waals surface area contributed by atoms with Gasteiger partial charge in [-0.1, -0.05) is 6.07 Å². The van der Waals surface area contributed by atoms with Crippen molar-refractivity contribution in [2.75, 3.05) is 33.3 Å². The van der Waals surface area contributed by atoms with Crippen LogP contribution in [-0.4, -0.2) is 61.4 Å². The zero-order valence-electron chi connectivity index (χ0n) is 15.4. The Hall–Kier alpha value is -2.03. The quantitative estimate of drug-likeness (QED) is 0.557. The Balaban J connectivity index is 1.40. The second kappa shape index (κ2) is 8.77. The van der Waals surface area contributed by atoms with Crippen molar-refractivity contribution in [2.45, 2.75) is 38.0 Å². The molecule has 1 aliphatic carbocycles. The lowest BCUT2D eigenvalue weighted by molar-refractivity contribution is -0.143. The molecule has 2 fully saturated rings. The van der Waals surface area contributed by atoms with Crippen molar-refractivity contribution in [2.24, 2.45) is 10.9 Å². The van der Waals surface area contributed by atoms with Gasteiger partial charge in [0.1, 0.15) is 0 Å². The first kappa shape index (κ1) is 19.7. The van der Waals surface area contributed by atoms with E-state index in [1.165, 1.54) is 17.7 Å². The zero-order valence-corrected chi connectivity index (χ0v) is 15.4. The number of ether oxygens (including phenoxy) is 1. The lowest BCUT2D eigenvalue weighted by Crippen LogP contribution is -2.44. The van der Waals surface area contributed by atoms with Crippen LogP contribution < -0.4 is 15.4 Å². The molecule has 1 aliphatic heterocycles. The fourth-order valence-corrected chi connectivity index (χ4v) is 3.01. The van der Waals surface area contributed by atoms with E-state index in [0.29, 0.717) is 43.8 Å². The molecule has 1 atom stereocenters. The summed E-state index contributed by atoms with van der Waals surface area (Å²) in [7, 11) is 1.64. The SMILES string of the molecule is CN=C(NCc1ccc(OCC2CC2)nc1)NC1CCN(CC(F)(F)F)C1. The molecule has 1 aromatic heterocycles. The van der Waals surface area contributed by atoms with Gasteiger partial charge in [-0.25, -0.2) is 4.98 Å². The molecule has 0 aromatic carbocycles. The highest BCUT2D eigenvalue weighted by Gasteiger charge is 2.34. The van der Waals surface area contributed by atoms with Crippen molar-refractivity contribution in [3.05, 3.63) is 23.9 Å². The fraction of sp³-hybridized carbons (Fsp3) is 0.667. The molecule has 0 spiro atoms. The maximum absolute atomic E-state index is 12.5. The fourth-order valence-electron chi connectivity index (χ4n) is 3.01. The molecule has 0 amide bonds. The summed E-state index contributed by atoms with van der Waals surface area (Å²) in [5, 5.41) is 6.36. The average Bonchev–Trinajstić information content (AvgIpc) is 3.36. The molecule has 0 bridgehead atoms. The molecule has 1 saturated carbocycles. The van der Waals surface area contributed by atoms with E-state index >= 15 is 0 Å². The molecule has 0 radical (unpaired) electrons. The topological polar surface area (TPSA) is 61.8 Å². The van der Waals surface area contributed by atoms with E-state index in [4.69, 9.17) is 4.74 Å². The summed E-state index contributed by atoms with van der Waals surface area (Å²) in [6, 6.07) is 3.74. The van der Waals surface area contributed by atoms with Crippen molar-refractivity contribution in [3.8, 4) is 5.88 Å². The number of halogens is 3. The summed E-state index contributed by atoms with van der Waals surface area (Å²) < 4.78 is 43.0. The van der Waals surface area contributed by atoms with Crippen LogP contribution in [0, 0.1) is 5.92 Å². The number of guanidine groups is 1. The number of hydrogen-bond donors (Lipinski definition) is 2. The van der Waals surface area contributed by atoms with Gasteiger partial charge in [-0.15, -0.1) is 0 Å². The number of likely N-dealkylation sites (tertiary alicyclic amines) is 1. The predicted octanol–water partition coefficient (Wildman–Crippen LogP) is 2.17. The van der Waals surface area contributed by atoms with E-state index in [2.05, 4.69) is 20.6 Å². The molecule has 2 N–H and O–H groups in total. The first-order valence-corrected chi connectivity index (χ1v) is 9.25. The summed E-state index contributed by atoms with van der Waals surface area (Å²) >= 11 is 0. The minimum absolute atomic E-state index is 0.0464. The van der Waals surface area contributed by atoms with Gasteiger partial charge in [-0.2, -0.15) is 13.2 Å². The van der Waals surface area contributed by atoms with Gasteiger partial charge in [0.2, 0.25) is 5.88 Å². The molecule has 2 heterocycles. The van der Waals surface area contributed by atoms with Crippen LogP contribution in [0.4, 0.5) is 13.2 Å². The number of aliphatic imine (C=N–C) groups is 1. The van der Waals surface area contributed by atoms with E-state index < -0.39 is 12.7 Å². The molecular weight excluding hydrogens is 359 g/mol. The smallest absolute Gasteiger partial charge is 0.401 e. The van der Waals surface area contributed by atoms with Gasteiger partial charge in [-0.05, 0) is 30.7 Å². The van der Waals surface area contributed by atoms with Gasteiger partial charge in [-0.3, -0.25) is 9.89 Å². The standard InChI is InChI=1S/C18H26F3N5O/c1-22-17(25-15-6-7-26(10-15)12-18(19,20)21)24-9-14-4-5-16(23-8-14)27-11-13-2-3-13/h4-5,8,13,15H,2-3,6-7,9-12H2,1H3,(H2,22,24,25). The number of pyridine rings is 1. The Morgan fingerprint density at radius 1 is 1.33 bits per heavy atom. The van der Waals surface area contributed by atoms with Crippen LogP contribution >= 0.6 is 0 Å². The van der Waals surface area contributed by atoms with Crippen molar-refractivity contribution >= 4 is 5.96 Å². The summed E-state index contributed by atoms with van der Waals surface area (Å²) in [6.07, 6.45) is 0.733. The summed E-state index contributed by atoms with van der Waals surface area (Å²) in [4.78, 5) is 9.85. The largest absolute Gasteiger partial charge is 0.477 e. The first-order chi connectivity index (χ1) is 12.9. The second-order valence-electron chi connectivity index (χ2n) is 7.17. The van der Waals surface area contributed by atoms with Crippen molar-refractivity contribution < 1.29 is 17.9 Å². The lowest BCUT2D eigenvalue weighted by Gasteiger charge is -2.19. The highest BCUT2D eigenvalue weighted by Crippen LogP contribution is 2.29. The molecular formula is C18H26F3N5O. The molecule has 6 nitrogen and oxygen atoms in total. The predicted molar refractivity (Wildman–Crippen MR) is 96.7 cm³/mol. The molecule has 27 heavy (non-hydrogen) atoms. The molecule has 9 heteroatoms. The number of alkyl halides is 3. The number of nitrogens with one attached hydrogen (secondary N) is 2. The second-order valence-corrected chi connectivity index (χ2v) is 7.17. The van der Waals surface area contributed by atoms with Crippen LogP contribution in [0.3, 0.4) is 0 Å². The van der Waals surface area contributed by atoms with Gasteiger partial charge in [0.25, 0.3) is 0 Å². The zero-order chi connectivity index (χ0) is 19.3. The maximum Gasteiger partial charge on any atom is 0.401 e. The molecule has 1 unspecified atom stereocenters. The molecule has 2 aliphatic rings. The Kier molecular flexibility index (Phi) is 6.41. The molecule has 150 valence electrons. The first-order valence-electron chi connectivity index (χ1n) is 9.25.